The molecular formula is C11H13BrFN3O3. The smallest absolute Gasteiger partial charge is 0.295 e. The van der Waals surface area contributed by atoms with Crippen molar-refractivity contribution in [1.29, 1.82) is 0 Å². The van der Waals surface area contributed by atoms with Crippen LogP contribution in [0.25, 0.3) is 0 Å². The van der Waals surface area contributed by atoms with Gasteiger partial charge >= 0.3 is 0 Å². The van der Waals surface area contributed by atoms with Gasteiger partial charge in [0.1, 0.15) is 17.5 Å². The summed E-state index contributed by atoms with van der Waals surface area (Å²) in [5.41, 5.74) is -0.333. The molecule has 0 heterocycles. The van der Waals surface area contributed by atoms with Crippen LogP contribution in [0.1, 0.15) is 6.92 Å². The van der Waals surface area contributed by atoms with Gasteiger partial charge in [0.25, 0.3) is 5.69 Å². The zero-order valence-corrected chi connectivity index (χ0v) is 12.2. The van der Waals surface area contributed by atoms with Crippen LogP contribution >= 0.6 is 15.9 Å². The zero-order valence-electron chi connectivity index (χ0n) is 10.6. The van der Waals surface area contributed by atoms with Crippen molar-refractivity contribution in [3.63, 3.8) is 0 Å². The number of nitro groups is 1. The SMILES string of the molecule is CC(Nc1cc(Br)c(F)cc1[N+](=O)[O-])C(=O)N(C)C. The highest BCUT2D eigenvalue weighted by atomic mass is 79.9. The predicted octanol–water partition coefficient (Wildman–Crippen LogP) is 2.39. The van der Waals surface area contributed by atoms with E-state index in [2.05, 4.69) is 21.2 Å². The van der Waals surface area contributed by atoms with E-state index >= 15 is 0 Å². The van der Waals surface area contributed by atoms with Gasteiger partial charge in [-0.25, -0.2) is 4.39 Å². The highest BCUT2D eigenvalue weighted by molar-refractivity contribution is 9.10. The third-order valence-electron chi connectivity index (χ3n) is 2.42. The molecule has 0 aliphatic rings. The minimum absolute atomic E-state index is 0.0842. The summed E-state index contributed by atoms with van der Waals surface area (Å²) >= 11 is 2.95. The Labute approximate surface area is 117 Å². The summed E-state index contributed by atoms with van der Waals surface area (Å²) in [6, 6.07) is 1.39. The average Bonchev–Trinajstić information content (AvgIpc) is 2.31. The third kappa shape index (κ3) is 3.63. The maximum Gasteiger partial charge on any atom is 0.295 e. The maximum absolute atomic E-state index is 13.3. The summed E-state index contributed by atoms with van der Waals surface area (Å²) in [7, 11) is 3.16. The Bertz CT molecular complexity index is 522. The number of carbonyl (C=O) groups is 1. The molecule has 1 aromatic carbocycles. The second-order valence-corrected chi connectivity index (χ2v) is 4.99. The Kier molecular flexibility index (Phi) is 4.82. The van der Waals surface area contributed by atoms with E-state index in [0.717, 1.165) is 6.07 Å². The monoisotopic (exact) mass is 333 g/mol. The fourth-order valence-electron chi connectivity index (χ4n) is 1.49. The lowest BCUT2D eigenvalue weighted by molar-refractivity contribution is -0.384. The molecule has 8 heteroatoms. The first-order valence-corrected chi connectivity index (χ1v) is 6.14. The van der Waals surface area contributed by atoms with Gasteiger partial charge < -0.3 is 10.2 Å². The molecule has 6 nitrogen and oxygen atoms in total. The summed E-state index contributed by atoms with van der Waals surface area (Å²) in [6.07, 6.45) is 0. The molecule has 0 fully saturated rings. The number of rotatable bonds is 4. The molecule has 1 atom stereocenters. The number of benzene rings is 1. The number of amides is 1. The van der Waals surface area contributed by atoms with Gasteiger partial charge in [-0.1, -0.05) is 0 Å². The first kappa shape index (κ1) is 15.4. The van der Waals surface area contributed by atoms with Crippen LogP contribution < -0.4 is 5.32 Å². The fraction of sp³-hybridized carbons (Fsp3) is 0.364. The van der Waals surface area contributed by atoms with Crippen molar-refractivity contribution in [2.45, 2.75) is 13.0 Å². The second kappa shape index (κ2) is 5.96. The first-order valence-electron chi connectivity index (χ1n) is 5.35. The topological polar surface area (TPSA) is 75.5 Å². The minimum atomic E-state index is -0.733. The van der Waals surface area contributed by atoms with Crippen LogP contribution in [0.15, 0.2) is 16.6 Å². The highest BCUT2D eigenvalue weighted by Gasteiger charge is 2.22. The number of nitrogens with one attached hydrogen (secondary N) is 1. The number of nitrogens with zero attached hydrogens (tertiary/aromatic N) is 2. The number of anilines is 1. The molecule has 19 heavy (non-hydrogen) atoms. The molecular weight excluding hydrogens is 321 g/mol. The number of nitro benzene ring substituents is 1. The van der Waals surface area contributed by atoms with E-state index in [4.69, 9.17) is 0 Å². The van der Waals surface area contributed by atoms with Gasteiger partial charge in [0, 0.05) is 14.1 Å². The zero-order chi connectivity index (χ0) is 14.7. The van der Waals surface area contributed by atoms with Gasteiger partial charge in [0.2, 0.25) is 5.91 Å². The van der Waals surface area contributed by atoms with E-state index in [0.29, 0.717) is 0 Å². The van der Waals surface area contributed by atoms with E-state index < -0.39 is 22.5 Å². The van der Waals surface area contributed by atoms with Gasteiger partial charge in [0.05, 0.1) is 15.5 Å². The number of likely N-dealkylation sites (N-methyl/N-ethyl adjacent to an activating group) is 1. The van der Waals surface area contributed by atoms with Gasteiger partial charge in [0.15, 0.2) is 0 Å². The van der Waals surface area contributed by atoms with E-state index in [1.165, 1.54) is 11.0 Å². The Morgan fingerprint density at radius 3 is 2.58 bits per heavy atom. The van der Waals surface area contributed by atoms with E-state index in [1.54, 1.807) is 21.0 Å². The van der Waals surface area contributed by atoms with Crippen molar-refractivity contribution < 1.29 is 14.1 Å². The molecule has 1 N–H and O–H groups in total. The van der Waals surface area contributed by atoms with E-state index in [1.807, 2.05) is 0 Å². The minimum Gasteiger partial charge on any atom is -0.368 e. The molecule has 0 aliphatic heterocycles. The van der Waals surface area contributed by atoms with Gasteiger partial charge in [-0.15, -0.1) is 0 Å². The quantitative estimate of drug-likeness (QED) is 0.678. The van der Waals surface area contributed by atoms with Crippen LogP contribution in [-0.4, -0.2) is 35.9 Å². The lowest BCUT2D eigenvalue weighted by atomic mass is 10.2. The summed E-state index contributed by atoms with van der Waals surface area (Å²) in [5, 5.41) is 13.6. The molecule has 1 unspecified atom stereocenters. The van der Waals surface area contributed by atoms with Crippen molar-refractivity contribution in [3.8, 4) is 0 Å². The predicted molar refractivity (Wildman–Crippen MR) is 72.5 cm³/mol. The molecule has 0 aliphatic carbocycles. The van der Waals surface area contributed by atoms with Crippen molar-refractivity contribution in [3.05, 3.63) is 32.5 Å². The van der Waals surface area contributed by atoms with Crippen LogP contribution in [0.2, 0.25) is 0 Å². The number of carbonyl (C=O) groups excluding carboxylic acids is 1. The van der Waals surface area contributed by atoms with Crippen molar-refractivity contribution in [1.82, 2.24) is 4.90 Å². The summed E-state index contributed by atoms with van der Waals surface area (Å²) < 4.78 is 13.4. The summed E-state index contributed by atoms with van der Waals surface area (Å²) in [4.78, 5) is 23.2. The van der Waals surface area contributed by atoms with E-state index in [-0.39, 0.29) is 16.1 Å². The molecule has 0 spiro atoms. The van der Waals surface area contributed by atoms with Gasteiger partial charge in [-0.05, 0) is 28.9 Å². The number of hydrogen-bond donors (Lipinski definition) is 1. The summed E-state index contributed by atoms with van der Waals surface area (Å²) in [5.74, 6) is -0.974. The largest absolute Gasteiger partial charge is 0.368 e. The normalized spacial score (nSPS) is 11.8. The molecule has 0 radical (unpaired) electrons. The van der Waals surface area contributed by atoms with Crippen molar-refractivity contribution in [2.24, 2.45) is 0 Å². The molecule has 0 saturated heterocycles. The average molecular weight is 334 g/mol. The molecule has 1 rings (SSSR count). The standard InChI is InChI=1S/C11H13BrFN3O3/c1-6(11(17)15(2)3)14-9-4-7(12)8(13)5-10(9)16(18)19/h4-6,14H,1-3H3. The molecule has 0 saturated carbocycles. The lowest BCUT2D eigenvalue weighted by Gasteiger charge is -2.19. The van der Waals surface area contributed by atoms with Crippen molar-refractivity contribution >= 4 is 33.2 Å². The number of hydrogen-bond acceptors (Lipinski definition) is 4. The Morgan fingerprint density at radius 2 is 2.11 bits per heavy atom. The summed E-state index contributed by atoms with van der Waals surface area (Å²) in [6.45, 7) is 1.57. The Morgan fingerprint density at radius 1 is 1.53 bits per heavy atom. The molecule has 1 aromatic rings. The fourth-order valence-corrected chi connectivity index (χ4v) is 1.83. The molecule has 104 valence electrons. The molecule has 1 amide bonds. The van der Waals surface area contributed by atoms with Gasteiger partial charge in [-0.2, -0.15) is 0 Å². The van der Waals surface area contributed by atoms with Crippen LogP contribution in [0, 0.1) is 15.9 Å². The third-order valence-corrected chi connectivity index (χ3v) is 3.03. The highest BCUT2D eigenvalue weighted by Crippen LogP contribution is 2.31. The van der Waals surface area contributed by atoms with Gasteiger partial charge in [-0.3, -0.25) is 14.9 Å². The van der Waals surface area contributed by atoms with Crippen molar-refractivity contribution in [2.75, 3.05) is 19.4 Å². The maximum atomic E-state index is 13.3. The number of halogens is 2. The lowest BCUT2D eigenvalue weighted by Crippen LogP contribution is -2.36. The van der Waals surface area contributed by atoms with Crippen LogP contribution in [-0.2, 0) is 4.79 Å². The Balaban J connectivity index is 3.10. The first-order chi connectivity index (χ1) is 8.73. The second-order valence-electron chi connectivity index (χ2n) is 4.14. The van der Waals surface area contributed by atoms with Crippen LogP contribution in [0.4, 0.5) is 15.8 Å². The van der Waals surface area contributed by atoms with E-state index in [9.17, 15) is 19.3 Å². The molecule has 0 aromatic heterocycles. The van der Waals surface area contributed by atoms with Crippen LogP contribution in [0.3, 0.4) is 0 Å². The van der Waals surface area contributed by atoms with Crippen LogP contribution in [0.5, 0.6) is 0 Å². The Hall–Kier alpha value is -1.70. The molecule has 0 bridgehead atoms.